The number of nitrogens with one attached hydrogen (secondary N) is 2. The Morgan fingerprint density at radius 2 is 2.14 bits per heavy atom. The minimum Gasteiger partial charge on any atom is -0.458 e. The number of amides is 1. The van der Waals surface area contributed by atoms with E-state index in [0.717, 1.165) is 5.39 Å². The van der Waals surface area contributed by atoms with E-state index in [1.54, 1.807) is 31.2 Å². The second kappa shape index (κ2) is 7.24. The minimum absolute atomic E-state index is 0.174. The first-order chi connectivity index (χ1) is 10.5. The van der Waals surface area contributed by atoms with Gasteiger partial charge in [-0.3, -0.25) is 4.79 Å². The van der Waals surface area contributed by atoms with E-state index >= 15 is 0 Å². The topological polar surface area (TPSA) is 74.5 Å². The maximum Gasteiger partial charge on any atom is 0.248 e. The Morgan fingerprint density at radius 1 is 1.36 bits per heavy atom. The fourth-order valence-corrected chi connectivity index (χ4v) is 2.09. The van der Waals surface area contributed by atoms with Crippen LogP contribution in [0.15, 0.2) is 40.8 Å². The average molecular weight is 302 g/mol. The molecule has 2 rings (SSSR count). The monoisotopic (exact) mass is 302 g/mol. The molecule has 0 fully saturated rings. The first-order valence-corrected chi connectivity index (χ1v) is 7.38. The Morgan fingerprint density at radius 3 is 2.82 bits per heavy atom. The smallest absolute Gasteiger partial charge is 0.248 e. The second-order valence-corrected chi connectivity index (χ2v) is 5.47. The third kappa shape index (κ3) is 4.19. The van der Waals surface area contributed by atoms with Gasteiger partial charge in [-0.05, 0) is 37.3 Å². The molecule has 3 N–H and O–H groups in total. The molecule has 1 amide bonds. The van der Waals surface area contributed by atoms with E-state index in [-0.39, 0.29) is 5.91 Å². The molecule has 0 aliphatic carbocycles. The Bertz CT molecular complexity index is 674. The summed E-state index contributed by atoms with van der Waals surface area (Å²) in [5.41, 5.74) is 1.38. The van der Waals surface area contributed by atoms with Crippen molar-refractivity contribution < 1.29 is 14.3 Å². The quantitative estimate of drug-likeness (QED) is 0.717. The fourth-order valence-electron chi connectivity index (χ4n) is 2.09. The number of hydrogen-bond acceptors (Lipinski definition) is 4. The number of furan rings is 1. The lowest BCUT2D eigenvalue weighted by Gasteiger charge is -2.11. The van der Waals surface area contributed by atoms with Gasteiger partial charge in [0.2, 0.25) is 5.91 Å². The van der Waals surface area contributed by atoms with Crippen molar-refractivity contribution in [3.8, 4) is 0 Å². The summed E-state index contributed by atoms with van der Waals surface area (Å²) in [5.74, 6) is 0.340. The summed E-state index contributed by atoms with van der Waals surface area (Å²) in [4.78, 5) is 11.5. The number of fused-ring (bicyclic) bond motifs is 1. The van der Waals surface area contributed by atoms with Crippen molar-refractivity contribution in [3.05, 3.63) is 42.2 Å². The van der Waals surface area contributed by atoms with Gasteiger partial charge in [0, 0.05) is 23.7 Å². The van der Waals surface area contributed by atoms with Crippen LogP contribution in [0.2, 0.25) is 0 Å². The van der Waals surface area contributed by atoms with Gasteiger partial charge >= 0.3 is 0 Å². The van der Waals surface area contributed by atoms with Crippen molar-refractivity contribution in [1.82, 2.24) is 5.32 Å². The van der Waals surface area contributed by atoms with Gasteiger partial charge in [-0.2, -0.15) is 0 Å². The highest BCUT2D eigenvalue weighted by Crippen LogP contribution is 2.26. The van der Waals surface area contributed by atoms with Crippen molar-refractivity contribution in [2.45, 2.75) is 32.9 Å². The summed E-state index contributed by atoms with van der Waals surface area (Å²) < 4.78 is 5.65. The van der Waals surface area contributed by atoms with Crippen molar-refractivity contribution in [1.29, 1.82) is 0 Å². The Labute approximate surface area is 130 Å². The lowest BCUT2D eigenvalue weighted by Crippen LogP contribution is -2.27. The number of hydrogen-bond donors (Lipinski definition) is 3. The molecule has 0 bridgehead atoms. The first-order valence-electron chi connectivity index (χ1n) is 7.38. The summed E-state index contributed by atoms with van der Waals surface area (Å²) in [6.45, 7) is 6.26. The summed E-state index contributed by atoms with van der Waals surface area (Å²) in [6.07, 6.45) is 2.45. The van der Waals surface area contributed by atoms with Gasteiger partial charge in [0.1, 0.15) is 17.4 Å². The molecule has 0 aliphatic heterocycles. The van der Waals surface area contributed by atoms with Crippen LogP contribution < -0.4 is 10.6 Å². The highest BCUT2D eigenvalue weighted by molar-refractivity contribution is 6.00. The molecule has 5 nitrogen and oxygen atoms in total. The average Bonchev–Trinajstić information content (AvgIpc) is 2.88. The Balaban J connectivity index is 2.15. The Kier molecular flexibility index (Phi) is 5.35. The van der Waals surface area contributed by atoms with Gasteiger partial charge in [0.15, 0.2) is 0 Å². The third-order valence-electron chi connectivity index (χ3n) is 3.17. The summed E-state index contributed by atoms with van der Waals surface area (Å²) in [6, 6.07) is 7.48. The van der Waals surface area contributed by atoms with Crippen LogP contribution in [-0.4, -0.2) is 23.6 Å². The van der Waals surface area contributed by atoms with Crippen LogP contribution >= 0.6 is 0 Å². The molecule has 1 unspecified atom stereocenters. The lowest BCUT2D eigenvalue weighted by molar-refractivity contribution is -0.111. The molecule has 1 aromatic carbocycles. The van der Waals surface area contributed by atoms with Gasteiger partial charge < -0.3 is 20.2 Å². The van der Waals surface area contributed by atoms with Crippen molar-refractivity contribution in [2.75, 3.05) is 11.9 Å². The van der Waals surface area contributed by atoms with Crippen LogP contribution in [0.4, 0.5) is 5.69 Å². The standard InChI is InChI=1S/C17H22N2O3/c1-4-5-17(21)19-13-6-7-15-12(8-13)9-16(22-15)14(20)10-18-11(2)3/h4-9,11,14,18,20H,10H2,1-3H3,(H,19,21). The van der Waals surface area contributed by atoms with E-state index < -0.39 is 6.10 Å². The fraction of sp³-hybridized carbons (Fsp3) is 0.353. The molecule has 1 atom stereocenters. The molecule has 1 aromatic heterocycles. The van der Waals surface area contributed by atoms with E-state index in [2.05, 4.69) is 10.6 Å². The van der Waals surface area contributed by atoms with E-state index in [1.165, 1.54) is 6.08 Å². The molecular formula is C17H22N2O3. The van der Waals surface area contributed by atoms with Crippen molar-refractivity contribution >= 4 is 22.6 Å². The lowest BCUT2D eigenvalue weighted by atomic mass is 10.2. The predicted molar refractivity (Wildman–Crippen MR) is 87.8 cm³/mol. The van der Waals surface area contributed by atoms with Gasteiger partial charge in [-0.15, -0.1) is 0 Å². The van der Waals surface area contributed by atoms with Crippen LogP contribution in [0, 0.1) is 0 Å². The molecule has 0 spiro atoms. The van der Waals surface area contributed by atoms with Crippen LogP contribution in [0.25, 0.3) is 11.0 Å². The number of allylic oxidation sites excluding steroid dienone is 1. The number of anilines is 1. The van der Waals surface area contributed by atoms with Gasteiger partial charge in [-0.25, -0.2) is 0 Å². The van der Waals surface area contributed by atoms with Crippen LogP contribution in [-0.2, 0) is 4.79 Å². The number of aliphatic hydroxyl groups is 1. The third-order valence-corrected chi connectivity index (χ3v) is 3.17. The molecular weight excluding hydrogens is 280 g/mol. The van der Waals surface area contributed by atoms with Crippen LogP contribution in [0.3, 0.4) is 0 Å². The molecule has 0 saturated heterocycles. The number of benzene rings is 1. The summed E-state index contributed by atoms with van der Waals surface area (Å²) in [5, 5.41) is 16.9. The summed E-state index contributed by atoms with van der Waals surface area (Å²) in [7, 11) is 0. The second-order valence-electron chi connectivity index (χ2n) is 5.47. The maximum absolute atomic E-state index is 11.5. The normalized spacial score (nSPS) is 13.1. The number of rotatable bonds is 6. The molecule has 5 heteroatoms. The van der Waals surface area contributed by atoms with E-state index in [9.17, 15) is 9.90 Å². The van der Waals surface area contributed by atoms with Gasteiger partial charge in [0.25, 0.3) is 0 Å². The molecule has 1 heterocycles. The van der Waals surface area contributed by atoms with Crippen LogP contribution in [0.5, 0.6) is 0 Å². The highest BCUT2D eigenvalue weighted by atomic mass is 16.4. The largest absolute Gasteiger partial charge is 0.458 e. The van der Waals surface area contributed by atoms with Crippen LogP contribution in [0.1, 0.15) is 32.6 Å². The summed E-state index contributed by atoms with van der Waals surface area (Å²) >= 11 is 0. The zero-order valence-electron chi connectivity index (χ0n) is 13.1. The number of carbonyl (C=O) groups is 1. The van der Waals surface area contributed by atoms with Crippen molar-refractivity contribution in [2.24, 2.45) is 0 Å². The molecule has 0 radical (unpaired) electrons. The molecule has 118 valence electrons. The van der Waals surface area contributed by atoms with E-state index in [1.807, 2.05) is 19.9 Å². The minimum atomic E-state index is -0.698. The highest BCUT2D eigenvalue weighted by Gasteiger charge is 2.14. The zero-order valence-corrected chi connectivity index (χ0v) is 13.1. The SMILES string of the molecule is CC=CC(=O)Nc1ccc2oc(C(O)CNC(C)C)cc2c1. The number of aliphatic hydroxyl groups excluding tert-OH is 1. The predicted octanol–water partition coefficient (Wildman–Crippen LogP) is 2.98. The molecule has 22 heavy (non-hydrogen) atoms. The molecule has 2 aromatic rings. The van der Waals surface area contributed by atoms with Gasteiger partial charge in [-0.1, -0.05) is 19.9 Å². The van der Waals surface area contributed by atoms with E-state index in [0.29, 0.717) is 29.6 Å². The molecule has 0 aliphatic rings. The van der Waals surface area contributed by atoms with E-state index in [4.69, 9.17) is 4.42 Å². The zero-order chi connectivity index (χ0) is 16.1. The molecule has 0 saturated carbocycles. The number of carbonyl (C=O) groups excluding carboxylic acids is 1. The maximum atomic E-state index is 11.5. The van der Waals surface area contributed by atoms with Crippen molar-refractivity contribution in [3.63, 3.8) is 0 Å². The van der Waals surface area contributed by atoms with Gasteiger partial charge in [0.05, 0.1) is 0 Å². The first kappa shape index (κ1) is 16.3. The Hall–Kier alpha value is -2.11.